The first-order valence-electron chi connectivity index (χ1n) is 13.0. The number of ether oxygens (including phenoxy) is 2. The monoisotopic (exact) mass is 501 g/mol. The van der Waals surface area contributed by atoms with Crippen LogP contribution < -0.4 is 10.6 Å². The van der Waals surface area contributed by atoms with E-state index in [1.807, 2.05) is 44.2 Å². The molecule has 6 heteroatoms. The van der Waals surface area contributed by atoms with Gasteiger partial charge in [0.15, 0.2) is 5.79 Å². The van der Waals surface area contributed by atoms with Gasteiger partial charge in [-0.05, 0) is 62.1 Å². The molecule has 0 saturated carbocycles. The molecular formula is C31H36FN3O2. The third-order valence-electron chi connectivity index (χ3n) is 6.74. The minimum absolute atomic E-state index is 0.0495. The summed E-state index contributed by atoms with van der Waals surface area (Å²) in [6.45, 7) is 7.32. The molecule has 194 valence electrons. The van der Waals surface area contributed by atoms with Crippen LogP contribution in [0.25, 0.3) is 0 Å². The maximum absolute atomic E-state index is 13.9. The molecule has 1 aliphatic heterocycles. The van der Waals surface area contributed by atoms with Gasteiger partial charge in [0.25, 0.3) is 0 Å². The van der Waals surface area contributed by atoms with Gasteiger partial charge in [0.05, 0.1) is 5.56 Å². The second-order valence-electron chi connectivity index (χ2n) is 10.0. The van der Waals surface area contributed by atoms with Gasteiger partial charge in [0.2, 0.25) is 0 Å². The molecule has 1 heterocycles. The highest BCUT2D eigenvalue weighted by Crippen LogP contribution is 2.34. The van der Waals surface area contributed by atoms with Crippen molar-refractivity contribution in [2.75, 3.05) is 6.54 Å². The van der Waals surface area contributed by atoms with E-state index in [9.17, 15) is 9.65 Å². The SMILES string of the molecule is CCN[C@H](Cc1ccccc1)C1OC(C)(C)OC1[C@@H](Cc1ccccc1)NCc1ccc(F)c(C#N)c1. The van der Waals surface area contributed by atoms with Crippen LogP contribution in [0.1, 0.15) is 43.0 Å². The number of nitrogens with one attached hydrogen (secondary N) is 2. The molecule has 4 atom stereocenters. The van der Waals surface area contributed by atoms with Crippen LogP contribution in [0.4, 0.5) is 4.39 Å². The lowest BCUT2D eigenvalue weighted by Crippen LogP contribution is -2.54. The Hall–Kier alpha value is -3.08. The molecule has 0 spiro atoms. The third kappa shape index (κ3) is 7.24. The zero-order valence-electron chi connectivity index (χ0n) is 21.8. The van der Waals surface area contributed by atoms with Gasteiger partial charge in [0.1, 0.15) is 24.1 Å². The van der Waals surface area contributed by atoms with Gasteiger partial charge in [-0.25, -0.2) is 4.39 Å². The third-order valence-corrected chi connectivity index (χ3v) is 6.74. The van der Waals surface area contributed by atoms with Crippen molar-refractivity contribution in [3.63, 3.8) is 0 Å². The van der Waals surface area contributed by atoms with Crippen molar-refractivity contribution in [1.82, 2.24) is 10.6 Å². The van der Waals surface area contributed by atoms with Crippen molar-refractivity contribution in [1.29, 1.82) is 5.26 Å². The number of likely N-dealkylation sites (N-methyl/N-ethyl adjacent to an activating group) is 1. The van der Waals surface area contributed by atoms with Crippen LogP contribution in [0, 0.1) is 17.1 Å². The average molecular weight is 502 g/mol. The average Bonchev–Trinajstić information content (AvgIpc) is 3.23. The van der Waals surface area contributed by atoms with E-state index in [1.165, 1.54) is 17.2 Å². The Morgan fingerprint density at radius 1 is 0.838 bits per heavy atom. The minimum atomic E-state index is -0.736. The predicted octanol–water partition coefficient (Wildman–Crippen LogP) is 5.14. The molecule has 0 radical (unpaired) electrons. The summed E-state index contributed by atoms with van der Waals surface area (Å²) in [6, 6.07) is 27.3. The van der Waals surface area contributed by atoms with Crippen molar-refractivity contribution < 1.29 is 13.9 Å². The maximum atomic E-state index is 13.9. The molecule has 0 bridgehead atoms. The van der Waals surface area contributed by atoms with Crippen LogP contribution in [-0.4, -0.2) is 36.6 Å². The molecule has 1 saturated heterocycles. The van der Waals surface area contributed by atoms with Crippen molar-refractivity contribution in [3.05, 3.63) is 107 Å². The first kappa shape index (κ1) is 27.0. The summed E-state index contributed by atoms with van der Waals surface area (Å²) in [7, 11) is 0. The Balaban J connectivity index is 1.62. The second kappa shape index (κ2) is 12.4. The molecule has 2 N–H and O–H groups in total. The number of hydrogen-bond donors (Lipinski definition) is 2. The van der Waals surface area contributed by atoms with E-state index in [2.05, 4.69) is 54.0 Å². The number of nitrogens with zero attached hydrogens (tertiary/aromatic N) is 1. The van der Waals surface area contributed by atoms with Gasteiger partial charge in [-0.15, -0.1) is 0 Å². The lowest BCUT2D eigenvalue weighted by Gasteiger charge is -2.32. The fourth-order valence-corrected chi connectivity index (χ4v) is 5.06. The van der Waals surface area contributed by atoms with Crippen LogP contribution >= 0.6 is 0 Å². The molecule has 2 unspecified atom stereocenters. The fraction of sp³-hybridized carbons (Fsp3) is 0.387. The quantitative estimate of drug-likeness (QED) is 0.381. The largest absolute Gasteiger partial charge is 0.343 e. The van der Waals surface area contributed by atoms with Crippen molar-refractivity contribution in [2.45, 2.75) is 70.2 Å². The number of rotatable bonds is 11. The molecule has 3 aromatic carbocycles. The molecular weight excluding hydrogens is 465 g/mol. The number of hydrogen-bond acceptors (Lipinski definition) is 5. The molecule has 0 aromatic heterocycles. The highest BCUT2D eigenvalue weighted by molar-refractivity contribution is 5.34. The smallest absolute Gasteiger partial charge is 0.163 e. The van der Waals surface area contributed by atoms with Gasteiger partial charge in [-0.3, -0.25) is 0 Å². The summed E-state index contributed by atoms with van der Waals surface area (Å²) >= 11 is 0. The van der Waals surface area contributed by atoms with E-state index in [1.54, 1.807) is 12.1 Å². The van der Waals surface area contributed by atoms with E-state index >= 15 is 0 Å². The Morgan fingerprint density at radius 3 is 1.89 bits per heavy atom. The topological polar surface area (TPSA) is 66.3 Å². The van der Waals surface area contributed by atoms with Gasteiger partial charge >= 0.3 is 0 Å². The minimum Gasteiger partial charge on any atom is -0.343 e. The van der Waals surface area contributed by atoms with E-state index < -0.39 is 11.6 Å². The molecule has 5 nitrogen and oxygen atoms in total. The molecule has 1 aliphatic rings. The fourth-order valence-electron chi connectivity index (χ4n) is 5.06. The van der Waals surface area contributed by atoms with Crippen LogP contribution in [-0.2, 0) is 28.9 Å². The van der Waals surface area contributed by atoms with Gasteiger partial charge in [-0.2, -0.15) is 5.26 Å². The summed E-state index contributed by atoms with van der Waals surface area (Å²) in [5.74, 6) is -1.24. The Labute approximate surface area is 219 Å². The zero-order valence-corrected chi connectivity index (χ0v) is 21.8. The van der Waals surface area contributed by atoms with Crippen molar-refractivity contribution in [3.8, 4) is 6.07 Å². The van der Waals surface area contributed by atoms with Crippen molar-refractivity contribution >= 4 is 0 Å². The molecule has 3 aromatic rings. The van der Waals surface area contributed by atoms with Gasteiger partial charge < -0.3 is 20.1 Å². The standard InChI is InChI=1S/C31H36FN3O2/c1-4-34-27(18-22-11-7-5-8-12-22)29-30(37-31(2,3)36-29)28(19-23-13-9-6-10-14-23)35-21-24-15-16-26(32)25(17-24)20-33/h5-17,27-30,34-35H,4,18-19,21H2,1-3H3/t27-,28-,29?,30?/m1/s1. The van der Waals surface area contributed by atoms with Crippen molar-refractivity contribution in [2.24, 2.45) is 0 Å². The number of nitriles is 1. The van der Waals surface area contributed by atoms with Gasteiger partial charge in [-0.1, -0.05) is 73.7 Å². The van der Waals surface area contributed by atoms with Crippen LogP contribution in [0.2, 0.25) is 0 Å². The summed E-state index contributed by atoms with van der Waals surface area (Å²) in [5, 5.41) is 16.6. The maximum Gasteiger partial charge on any atom is 0.163 e. The summed E-state index contributed by atoms with van der Waals surface area (Å²) in [5.41, 5.74) is 3.32. The van der Waals surface area contributed by atoms with Crippen LogP contribution in [0.3, 0.4) is 0 Å². The Bertz CT molecular complexity index is 1180. The summed E-state index contributed by atoms with van der Waals surface area (Å²) < 4.78 is 27.0. The molecule has 0 aliphatic carbocycles. The second-order valence-corrected chi connectivity index (χ2v) is 10.0. The predicted molar refractivity (Wildman–Crippen MR) is 143 cm³/mol. The van der Waals surface area contributed by atoms with E-state index in [4.69, 9.17) is 9.47 Å². The normalized spacial score (nSPS) is 20.3. The van der Waals surface area contributed by atoms with Crippen LogP contribution in [0.15, 0.2) is 78.9 Å². The van der Waals surface area contributed by atoms with E-state index in [-0.39, 0.29) is 29.9 Å². The molecule has 1 fully saturated rings. The summed E-state index contributed by atoms with van der Waals surface area (Å²) in [4.78, 5) is 0. The zero-order chi connectivity index (χ0) is 26.3. The Morgan fingerprint density at radius 2 is 1.38 bits per heavy atom. The first-order valence-corrected chi connectivity index (χ1v) is 13.0. The molecule has 37 heavy (non-hydrogen) atoms. The van der Waals surface area contributed by atoms with Gasteiger partial charge in [0, 0.05) is 18.6 Å². The molecule has 0 amide bonds. The number of halogens is 1. The van der Waals surface area contributed by atoms with E-state index in [0.29, 0.717) is 6.54 Å². The lowest BCUT2D eigenvalue weighted by molar-refractivity contribution is -0.150. The first-order chi connectivity index (χ1) is 17.9. The van der Waals surface area contributed by atoms with E-state index in [0.717, 1.165) is 24.9 Å². The molecule has 4 rings (SSSR count). The lowest BCUT2D eigenvalue weighted by atomic mass is 9.91. The van der Waals surface area contributed by atoms with Crippen LogP contribution in [0.5, 0.6) is 0 Å². The highest BCUT2D eigenvalue weighted by Gasteiger charge is 2.48. The summed E-state index contributed by atoms with van der Waals surface area (Å²) in [6.07, 6.45) is 1.12. The highest BCUT2D eigenvalue weighted by atomic mass is 19.1. The number of benzene rings is 3. The Kier molecular flexibility index (Phi) is 9.07.